The van der Waals surface area contributed by atoms with E-state index >= 15 is 0 Å². The molecule has 4 fully saturated rings. The van der Waals surface area contributed by atoms with Crippen molar-refractivity contribution < 1.29 is 4.79 Å². The van der Waals surface area contributed by atoms with Crippen LogP contribution < -0.4 is 5.32 Å². The van der Waals surface area contributed by atoms with E-state index in [-0.39, 0.29) is 11.3 Å². The Morgan fingerprint density at radius 3 is 2.71 bits per heavy atom. The lowest BCUT2D eigenvalue weighted by Gasteiger charge is -2.60. The summed E-state index contributed by atoms with van der Waals surface area (Å²) in [6, 6.07) is 0. The third-order valence-electron chi connectivity index (χ3n) is 6.29. The molecule has 1 heterocycles. The molecule has 1 amide bonds. The van der Waals surface area contributed by atoms with Gasteiger partial charge < -0.3 is 9.88 Å². The van der Waals surface area contributed by atoms with Gasteiger partial charge in [-0.3, -0.25) is 9.89 Å². The van der Waals surface area contributed by atoms with Crippen molar-refractivity contribution >= 4 is 34.1 Å². The number of carbonyl (C=O) groups excluding carboxylic acids is 1. The van der Waals surface area contributed by atoms with Crippen molar-refractivity contribution in [2.45, 2.75) is 55.7 Å². The molecule has 0 aliphatic heterocycles. The van der Waals surface area contributed by atoms with Crippen LogP contribution in [0.3, 0.4) is 0 Å². The zero-order chi connectivity index (χ0) is 16.9. The van der Waals surface area contributed by atoms with Crippen molar-refractivity contribution in [1.29, 1.82) is 0 Å². The number of aromatic amines is 1. The van der Waals surface area contributed by atoms with Gasteiger partial charge in [-0.05, 0) is 68.0 Å². The van der Waals surface area contributed by atoms with Gasteiger partial charge in [-0.1, -0.05) is 15.9 Å². The molecule has 1 aromatic rings. The predicted molar refractivity (Wildman–Crippen MR) is 98.5 cm³/mol. The van der Waals surface area contributed by atoms with Crippen molar-refractivity contribution in [2.75, 3.05) is 6.54 Å². The van der Waals surface area contributed by atoms with E-state index in [0.29, 0.717) is 28.5 Å². The minimum absolute atomic E-state index is 0.199. The molecule has 2 N–H and O–H groups in total. The largest absolute Gasteiger partial charge is 0.356 e. The van der Waals surface area contributed by atoms with Crippen LogP contribution in [0.15, 0.2) is 0 Å². The summed E-state index contributed by atoms with van der Waals surface area (Å²) in [5.41, 5.74) is 0.239. The molecule has 0 spiro atoms. The van der Waals surface area contributed by atoms with Gasteiger partial charge in [-0.25, -0.2) is 0 Å². The zero-order valence-corrected chi connectivity index (χ0v) is 16.5. The predicted octanol–water partition coefficient (Wildman–Crippen LogP) is 3.26. The summed E-state index contributed by atoms with van der Waals surface area (Å²) in [5.74, 6) is 2.73. The SMILES string of the molecule is Cn1c(CCNC(=O)CC23CC4CC(CC(Br)(C4)C2)C3)n[nH]c1=S. The second kappa shape index (κ2) is 5.94. The highest BCUT2D eigenvalue weighted by Crippen LogP contribution is 2.65. The third-order valence-corrected chi connectivity index (χ3v) is 7.58. The van der Waals surface area contributed by atoms with Gasteiger partial charge in [0.25, 0.3) is 0 Å². The van der Waals surface area contributed by atoms with Crippen LogP contribution in [-0.2, 0) is 18.3 Å². The summed E-state index contributed by atoms with van der Waals surface area (Å²) in [4.78, 5) is 12.5. The summed E-state index contributed by atoms with van der Waals surface area (Å²) >= 11 is 9.13. The number of halogens is 1. The van der Waals surface area contributed by atoms with E-state index in [2.05, 4.69) is 31.4 Å². The topological polar surface area (TPSA) is 62.7 Å². The number of amides is 1. The second-order valence-electron chi connectivity index (χ2n) is 8.39. The van der Waals surface area contributed by atoms with Crippen molar-refractivity contribution in [3.05, 3.63) is 10.6 Å². The molecule has 0 radical (unpaired) electrons. The minimum atomic E-state index is 0.199. The first-order valence-electron chi connectivity index (χ1n) is 8.92. The highest BCUT2D eigenvalue weighted by molar-refractivity contribution is 9.10. The highest BCUT2D eigenvalue weighted by Gasteiger charge is 2.57. The highest BCUT2D eigenvalue weighted by atomic mass is 79.9. The number of hydrogen-bond donors (Lipinski definition) is 2. The van der Waals surface area contributed by atoms with Crippen LogP contribution in [0.25, 0.3) is 0 Å². The van der Waals surface area contributed by atoms with Gasteiger partial charge >= 0.3 is 0 Å². The molecule has 132 valence electrons. The van der Waals surface area contributed by atoms with Gasteiger partial charge in [0, 0.05) is 30.8 Å². The Morgan fingerprint density at radius 1 is 1.42 bits per heavy atom. The van der Waals surface area contributed by atoms with Crippen LogP contribution in [0.5, 0.6) is 0 Å². The van der Waals surface area contributed by atoms with E-state index in [1.54, 1.807) is 0 Å². The quantitative estimate of drug-likeness (QED) is 0.576. The Morgan fingerprint density at radius 2 is 2.12 bits per heavy atom. The van der Waals surface area contributed by atoms with E-state index in [1.807, 2.05) is 11.6 Å². The fraction of sp³-hybridized carbons (Fsp3) is 0.824. The van der Waals surface area contributed by atoms with Gasteiger partial charge in [0.15, 0.2) is 4.77 Å². The van der Waals surface area contributed by atoms with Crippen LogP contribution in [0.2, 0.25) is 0 Å². The lowest BCUT2D eigenvalue weighted by atomic mass is 9.48. The first-order chi connectivity index (χ1) is 11.4. The number of aromatic nitrogens is 3. The maximum Gasteiger partial charge on any atom is 0.220 e. The van der Waals surface area contributed by atoms with Crippen molar-refractivity contribution in [1.82, 2.24) is 20.1 Å². The third kappa shape index (κ3) is 3.09. The number of alkyl halides is 1. The van der Waals surface area contributed by atoms with Gasteiger partial charge in [0.1, 0.15) is 5.82 Å². The summed E-state index contributed by atoms with van der Waals surface area (Å²) in [7, 11) is 1.90. The average molecular weight is 413 g/mol. The number of carbonyl (C=O) groups is 1. The lowest BCUT2D eigenvalue weighted by Crippen LogP contribution is -2.54. The van der Waals surface area contributed by atoms with Crippen molar-refractivity contribution in [2.24, 2.45) is 24.3 Å². The Hall–Kier alpha value is -0.690. The Bertz CT molecular complexity index is 698. The molecule has 2 atom stereocenters. The molecule has 0 saturated heterocycles. The normalized spacial score (nSPS) is 36.9. The van der Waals surface area contributed by atoms with Crippen LogP contribution in [0.1, 0.15) is 50.8 Å². The average Bonchev–Trinajstić information content (AvgIpc) is 2.76. The Kier molecular flexibility index (Phi) is 4.15. The first kappa shape index (κ1) is 16.8. The lowest BCUT2D eigenvalue weighted by molar-refractivity contribution is -0.128. The first-order valence-corrected chi connectivity index (χ1v) is 10.1. The van der Waals surface area contributed by atoms with E-state index in [1.165, 1.54) is 38.5 Å². The molecule has 5 nitrogen and oxygen atoms in total. The fourth-order valence-corrected chi connectivity index (χ4v) is 7.52. The van der Waals surface area contributed by atoms with Crippen LogP contribution in [0.4, 0.5) is 0 Å². The summed E-state index contributed by atoms with van der Waals surface area (Å²) < 4.78 is 2.79. The summed E-state index contributed by atoms with van der Waals surface area (Å²) in [6.07, 6.45) is 9.07. The second-order valence-corrected chi connectivity index (χ2v) is 10.5. The van der Waals surface area contributed by atoms with E-state index in [9.17, 15) is 4.79 Å². The van der Waals surface area contributed by atoms with Crippen LogP contribution in [0, 0.1) is 22.0 Å². The van der Waals surface area contributed by atoms with E-state index in [0.717, 1.165) is 17.7 Å². The number of hydrogen-bond acceptors (Lipinski definition) is 3. The molecule has 1 aromatic heterocycles. The Labute approximate surface area is 156 Å². The standard InChI is InChI=1S/C17H25BrN4OS/c1-22-13(20-21-15(22)24)2-3-19-14(23)9-16-5-11-4-12(6-16)8-17(18,7-11)10-16/h11-12H,2-10H2,1H3,(H,19,23)(H,21,24). The summed E-state index contributed by atoms with van der Waals surface area (Å²) in [6.45, 7) is 0.620. The molecule has 4 bridgehead atoms. The number of nitrogens with one attached hydrogen (secondary N) is 2. The molecular weight excluding hydrogens is 388 g/mol. The fourth-order valence-electron chi connectivity index (χ4n) is 5.86. The number of rotatable bonds is 5. The van der Waals surface area contributed by atoms with E-state index in [4.69, 9.17) is 12.2 Å². The number of nitrogens with zero attached hydrogens (tertiary/aromatic N) is 2. The van der Waals surface area contributed by atoms with Crippen LogP contribution in [-0.4, -0.2) is 31.5 Å². The zero-order valence-electron chi connectivity index (χ0n) is 14.1. The van der Waals surface area contributed by atoms with Gasteiger partial charge in [0.2, 0.25) is 5.91 Å². The minimum Gasteiger partial charge on any atom is -0.356 e. The van der Waals surface area contributed by atoms with E-state index < -0.39 is 0 Å². The molecule has 4 aliphatic rings. The molecule has 5 rings (SSSR count). The molecule has 4 aliphatic carbocycles. The molecule has 4 saturated carbocycles. The smallest absolute Gasteiger partial charge is 0.220 e. The van der Waals surface area contributed by atoms with Gasteiger partial charge in [-0.2, -0.15) is 5.10 Å². The van der Waals surface area contributed by atoms with Crippen molar-refractivity contribution in [3.8, 4) is 0 Å². The molecule has 24 heavy (non-hydrogen) atoms. The number of H-pyrrole nitrogens is 1. The van der Waals surface area contributed by atoms with Crippen molar-refractivity contribution in [3.63, 3.8) is 0 Å². The van der Waals surface area contributed by atoms with Gasteiger partial charge in [-0.15, -0.1) is 0 Å². The maximum absolute atomic E-state index is 12.5. The molecule has 7 heteroatoms. The van der Waals surface area contributed by atoms with Gasteiger partial charge in [0.05, 0.1) is 0 Å². The summed E-state index contributed by atoms with van der Waals surface area (Å²) in [5, 5.41) is 10.1. The monoisotopic (exact) mass is 412 g/mol. The molecule has 2 unspecified atom stereocenters. The molecular formula is C17H25BrN4OS. The molecule has 0 aromatic carbocycles. The maximum atomic E-state index is 12.5. The Balaban J connectivity index is 1.33. The van der Waals surface area contributed by atoms with Crippen LogP contribution >= 0.6 is 28.1 Å².